The highest BCUT2D eigenvalue weighted by Gasteiger charge is 2.45. The molecule has 148 valence electrons. The molecule has 1 fully saturated rings. The quantitative estimate of drug-likeness (QED) is 0.795. The molecule has 2 unspecified atom stereocenters. The molecule has 0 aliphatic carbocycles. The third-order valence-electron chi connectivity index (χ3n) is 5.58. The number of fused-ring (bicyclic) bond motifs is 1. The summed E-state index contributed by atoms with van der Waals surface area (Å²) in [6.07, 6.45) is 1.71. The van der Waals surface area contributed by atoms with Crippen LogP contribution in [0.4, 0.5) is 0 Å². The maximum atomic E-state index is 13.2. The molecule has 0 bridgehead atoms. The SMILES string of the molecule is CC(C)C(C(=O)N1CCC(C(C)N)CC1)N1C(=O)c2ccccc2C1=O.Cl. The van der Waals surface area contributed by atoms with Crippen molar-refractivity contribution in [3.05, 3.63) is 35.4 Å². The highest BCUT2D eigenvalue weighted by atomic mass is 35.5. The number of rotatable bonds is 4. The van der Waals surface area contributed by atoms with Crippen LogP contribution in [0.2, 0.25) is 0 Å². The number of nitrogens with zero attached hydrogens (tertiary/aromatic N) is 2. The maximum Gasteiger partial charge on any atom is 0.262 e. The van der Waals surface area contributed by atoms with Gasteiger partial charge in [0, 0.05) is 19.1 Å². The van der Waals surface area contributed by atoms with E-state index in [1.807, 2.05) is 20.8 Å². The number of hydrogen-bond donors (Lipinski definition) is 1. The Hall–Kier alpha value is -1.92. The molecule has 2 heterocycles. The zero-order chi connectivity index (χ0) is 19.0. The third kappa shape index (κ3) is 3.87. The van der Waals surface area contributed by atoms with Crippen LogP contribution in [0.5, 0.6) is 0 Å². The number of imide groups is 1. The number of nitrogens with two attached hydrogens (primary N) is 1. The first-order valence-corrected chi connectivity index (χ1v) is 9.34. The molecular weight excluding hydrogens is 366 g/mol. The molecular formula is C20H28ClN3O3. The maximum absolute atomic E-state index is 13.2. The van der Waals surface area contributed by atoms with Gasteiger partial charge in [0.15, 0.2) is 0 Å². The van der Waals surface area contributed by atoms with Gasteiger partial charge in [-0.3, -0.25) is 19.3 Å². The molecule has 3 amide bonds. The van der Waals surface area contributed by atoms with E-state index >= 15 is 0 Å². The summed E-state index contributed by atoms with van der Waals surface area (Å²) in [5.74, 6) is -0.629. The largest absolute Gasteiger partial charge is 0.341 e. The molecule has 2 aliphatic heterocycles. The van der Waals surface area contributed by atoms with E-state index in [2.05, 4.69) is 0 Å². The fraction of sp³-hybridized carbons (Fsp3) is 0.550. The number of carbonyl (C=O) groups is 3. The summed E-state index contributed by atoms with van der Waals surface area (Å²) in [4.78, 5) is 41.7. The second kappa shape index (κ2) is 8.40. The molecule has 0 radical (unpaired) electrons. The lowest BCUT2D eigenvalue weighted by atomic mass is 9.90. The molecule has 2 atom stereocenters. The molecule has 3 rings (SSSR count). The summed E-state index contributed by atoms with van der Waals surface area (Å²) in [5, 5.41) is 0. The van der Waals surface area contributed by atoms with Crippen LogP contribution in [-0.4, -0.2) is 52.7 Å². The predicted octanol–water partition coefficient (Wildman–Crippen LogP) is 2.31. The van der Waals surface area contributed by atoms with Gasteiger partial charge in [-0.2, -0.15) is 0 Å². The number of likely N-dealkylation sites (tertiary alicyclic amines) is 1. The van der Waals surface area contributed by atoms with Gasteiger partial charge in [-0.25, -0.2) is 0 Å². The summed E-state index contributed by atoms with van der Waals surface area (Å²) in [7, 11) is 0. The summed E-state index contributed by atoms with van der Waals surface area (Å²) in [6, 6.07) is 6.10. The number of halogens is 1. The fourth-order valence-electron chi connectivity index (χ4n) is 3.99. The third-order valence-corrected chi connectivity index (χ3v) is 5.58. The first-order chi connectivity index (χ1) is 12.3. The Labute approximate surface area is 166 Å². The van der Waals surface area contributed by atoms with Crippen molar-refractivity contribution in [1.82, 2.24) is 9.80 Å². The Morgan fingerprint density at radius 2 is 1.52 bits per heavy atom. The lowest BCUT2D eigenvalue weighted by Gasteiger charge is -2.38. The van der Waals surface area contributed by atoms with Gasteiger partial charge in [0.25, 0.3) is 11.8 Å². The smallest absolute Gasteiger partial charge is 0.262 e. The van der Waals surface area contributed by atoms with Crippen LogP contribution in [0.1, 0.15) is 54.3 Å². The first kappa shape index (κ1) is 21.4. The lowest BCUT2D eigenvalue weighted by molar-refractivity contribution is -0.138. The van der Waals surface area contributed by atoms with Gasteiger partial charge in [0.2, 0.25) is 5.91 Å². The number of carbonyl (C=O) groups excluding carboxylic acids is 3. The number of amides is 3. The summed E-state index contributed by atoms with van der Waals surface area (Å²) in [5.41, 5.74) is 6.74. The number of piperidine rings is 1. The molecule has 2 N–H and O–H groups in total. The molecule has 1 aromatic carbocycles. The van der Waals surface area contributed by atoms with Gasteiger partial charge in [0.05, 0.1) is 11.1 Å². The van der Waals surface area contributed by atoms with Crippen molar-refractivity contribution in [3.8, 4) is 0 Å². The lowest BCUT2D eigenvalue weighted by Crippen LogP contribution is -2.55. The Morgan fingerprint density at radius 1 is 1.04 bits per heavy atom. The molecule has 27 heavy (non-hydrogen) atoms. The molecule has 1 saturated heterocycles. The average Bonchev–Trinajstić information content (AvgIpc) is 2.87. The van der Waals surface area contributed by atoms with Crippen LogP contribution in [0.3, 0.4) is 0 Å². The van der Waals surface area contributed by atoms with Gasteiger partial charge in [-0.05, 0) is 43.7 Å². The van der Waals surface area contributed by atoms with Gasteiger partial charge < -0.3 is 10.6 Å². The van der Waals surface area contributed by atoms with Crippen molar-refractivity contribution in [1.29, 1.82) is 0 Å². The Bertz CT molecular complexity index is 692. The summed E-state index contributed by atoms with van der Waals surface area (Å²) < 4.78 is 0. The highest BCUT2D eigenvalue weighted by Crippen LogP contribution is 2.29. The van der Waals surface area contributed by atoms with Crippen LogP contribution in [-0.2, 0) is 4.79 Å². The Kier molecular flexibility index (Phi) is 6.65. The second-order valence-electron chi connectivity index (χ2n) is 7.74. The van der Waals surface area contributed by atoms with E-state index in [0.29, 0.717) is 30.1 Å². The van der Waals surface area contributed by atoms with Gasteiger partial charge in [-0.1, -0.05) is 26.0 Å². The van der Waals surface area contributed by atoms with Crippen LogP contribution in [0.25, 0.3) is 0 Å². The van der Waals surface area contributed by atoms with Gasteiger partial charge in [0.1, 0.15) is 6.04 Å². The minimum absolute atomic E-state index is 0. The minimum atomic E-state index is -0.769. The van der Waals surface area contributed by atoms with E-state index in [1.165, 1.54) is 0 Å². The molecule has 0 aromatic heterocycles. The first-order valence-electron chi connectivity index (χ1n) is 9.34. The number of benzene rings is 1. The fourth-order valence-corrected chi connectivity index (χ4v) is 3.99. The van der Waals surface area contributed by atoms with Crippen LogP contribution < -0.4 is 5.73 Å². The van der Waals surface area contributed by atoms with Crippen LogP contribution in [0.15, 0.2) is 24.3 Å². The standard InChI is InChI=1S/C20H27N3O3.ClH/c1-12(2)17(20(26)22-10-8-14(9-11-22)13(3)21)23-18(24)15-6-4-5-7-16(15)19(23)25;/h4-7,12-14,17H,8-11,21H2,1-3H3;1H. The van der Waals surface area contributed by atoms with E-state index < -0.39 is 6.04 Å². The van der Waals surface area contributed by atoms with Crippen molar-refractivity contribution in [3.63, 3.8) is 0 Å². The van der Waals surface area contributed by atoms with Crippen molar-refractivity contribution in [2.24, 2.45) is 17.6 Å². The zero-order valence-electron chi connectivity index (χ0n) is 16.1. The molecule has 0 spiro atoms. The molecule has 1 aromatic rings. The van der Waals surface area contributed by atoms with Crippen molar-refractivity contribution in [2.75, 3.05) is 13.1 Å². The van der Waals surface area contributed by atoms with E-state index in [9.17, 15) is 14.4 Å². The Balaban J connectivity index is 0.00000261. The topological polar surface area (TPSA) is 83.7 Å². The second-order valence-corrected chi connectivity index (χ2v) is 7.74. The van der Waals surface area contributed by atoms with E-state index in [0.717, 1.165) is 17.7 Å². The van der Waals surface area contributed by atoms with Crippen LogP contribution in [0, 0.1) is 11.8 Å². The summed E-state index contributed by atoms with van der Waals surface area (Å²) in [6.45, 7) is 6.99. The normalized spacial score (nSPS) is 19.7. The molecule has 6 nitrogen and oxygen atoms in total. The van der Waals surface area contributed by atoms with Gasteiger partial charge in [-0.15, -0.1) is 12.4 Å². The van der Waals surface area contributed by atoms with E-state index in [4.69, 9.17) is 5.73 Å². The monoisotopic (exact) mass is 393 g/mol. The number of hydrogen-bond acceptors (Lipinski definition) is 4. The molecule has 2 aliphatic rings. The average molecular weight is 394 g/mol. The zero-order valence-corrected chi connectivity index (χ0v) is 16.9. The Morgan fingerprint density at radius 3 is 1.93 bits per heavy atom. The summed E-state index contributed by atoms with van der Waals surface area (Å²) >= 11 is 0. The molecule has 0 saturated carbocycles. The van der Waals surface area contributed by atoms with Crippen molar-refractivity contribution in [2.45, 2.75) is 45.7 Å². The van der Waals surface area contributed by atoms with Crippen LogP contribution >= 0.6 is 12.4 Å². The van der Waals surface area contributed by atoms with E-state index in [-0.39, 0.29) is 42.1 Å². The van der Waals surface area contributed by atoms with Gasteiger partial charge >= 0.3 is 0 Å². The van der Waals surface area contributed by atoms with E-state index in [1.54, 1.807) is 29.2 Å². The minimum Gasteiger partial charge on any atom is -0.341 e. The van der Waals surface area contributed by atoms with Crippen molar-refractivity contribution < 1.29 is 14.4 Å². The predicted molar refractivity (Wildman–Crippen MR) is 106 cm³/mol. The highest BCUT2D eigenvalue weighted by molar-refractivity contribution is 6.22. The van der Waals surface area contributed by atoms with Crippen molar-refractivity contribution >= 4 is 30.1 Å². The molecule has 7 heteroatoms.